The number of rotatable bonds is 4. The van der Waals surface area contributed by atoms with Crippen LogP contribution in [0.15, 0.2) is 18.2 Å². The van der Waals surface area contributed by atoms with Crippen molar-refractivity contribution >= 4 is 23.2 Å². The normalized spacial score (nSPS) is 20.9. The minimum absolute atomic E-state index is 0.127. The van der Waals surface area contributed by atoms with Gasteiger partial charge in [-0.2, -0.15) is 5.10 Å². The Kier molecular flexibility index (Phi) is 5.46. The predicted octanol–water partition coefficient (Wildman–Crippen LogP) is 3.70. The van der Waals surface area contributed by atoms with E-state index in [-0.39, 0.29) is 11.9 Å². The van der Waals surface area contributed by atoms with Gasteiger partial charge in [0.1, 0.15) is 0 Å². The zero-order valence-electron chi connectivity index (χ0n) is 19.7. The number of carbonyl (C=O) groups excluding carboxylic acids is 1. The first-order valence-electron chi connectivity index (χ1n) is 11.8. The minimum atomic E-state index is -0.148. The highest BCUT2D eigenvalue weighted by Gasteiger charge is 2.31. The SMILES string of the molecule is C[C@@H](C(=O)N(C)c1ccc2c(c1)CC(c1n[nH]c3c1CCC(C)(C)C3)=C2)N1CCOCC1. The molecule has 0 spiro atoms. The Morgan fingerprint density at radius 3 is 2.84 bits per heavy atom. The number of H-pyrrole nitrogens is 1. The number of ether oxygens (including phenoxy) is 1. The molecule has 1 fully saturated rings. The Hall–Kier alpha value is -2.44. The van der Waals surface area contributed by atoms with Crippen molar-refractivity contribution < 1.29 is 9.53 Å². The molecule has 0 unspecified atom stereocenters. The molecule has 6 nitrogen and oxygen atoms in total. The number of aromatic nitrogens is 2. The van der Waals surface area contributed by atoms with Gasteiger partial charge in [0.2, 0.25) is 5.91 Å². The Labute approximate surface area is 190 Å². The maximum Gasteiger partial charge on any atom is 0.243 e. The Balaban J connectivity index is 1.31. The summed E-state index contributed by atoms with van der Waals surface area (Å²) in [6.45, 7) is 9.68. The summed E-state index contributed by atoms with van der Waals surface area (Å²) in [6, 6.07) is 6.23. The Morgan fingerprint density at radius 1 is 1.28 bits per heavy atom. The van der Waals surface area contributed by atoms with Crippen molar-refractivity contribution in [2.24, 2.45) is 5.41 Å². The lowest BCUT2D eigenvalue weighted by atomic mass is 9.76. The highest BCUT2D eigenvalue weighted by molar-refractivity contribution is 5.97. The lowest BCUT2D eigenvalue weighted by molar-refractivity contribution is -0.124. The Bertz CT molecular complexity index is 1060. The van der Waals surface area contributed by atoms with Crippen LogP contribution in [0, 0.1) is 5.41 Å². The van der Waals surface area contributed by atoms with Crippen LogP contribution in [0.5, 0.6) is 0 Å². The topological polar surface area (TPSA) is 61.5 Å². The summed E-state index contributed by atoms with van der Waals surface area (Å²) in [6.07, 6.45) is 6.49. The van der Waals surface area contributed by atoms with Crippen LogP contribution in [0.1, 0.15) is 55.3 Å². The Morgan fingerprint density at radius 2 is 2.06 bits per heavy atom. The summed E-state index contributed by atoms with van der Waals surface area (Å²) in [7, 11) is 1.89. The molecule has 1 saturated heterocycles. The first kappa shape index (κ1) is 21.4. The van der Waals surface area contributed by atoms with Crippen LogP contribution in [-0.4, -0.2) is 60.4 Å². The van der Waals surface area contributed by atoms with E-state index in [0.717, 1.165) is 43.7 Å². The van der Waals surface area contributed by atoms with E-state index in [1.54, 1.807) is 4.90 Å². The number of benzene rings is 1. The average molecular weight is 435 g/mol. The lowest BCUT2D eigenvalue weighted by Crippen LogP contribution is -2.50. The van der Waals surface area contributed by atoms with E-state index in [1.165, 1.54) is 34.4 Å². The van der Waals surface area contributed by atoms with Gasteiger partial charge < -0.3 is 9.64 Å². The third kappa shape index (κ3) is 3.90. The predicted molar refractivity (Wildman–Crippen MR) is 128 cm³/mol. The summed E-state index contributed by atoms with van der Waals surface area (Å²) in [4.78, 5) is 17.1. The summed E-state index contributed by atoms with van der Waals surface area (Å²) < 4.78 is 5.43. The van der Waals surface area contributed by atoms with E-state index in [1.807, 2.05) is 14.0 Å². The molecule has 3 aliphatic rings. The average Bonchev–Trinajstić information content (AvgIpc) is 3.40. The summed E-state index contributed by atoms with van der Waals surface area (Å²) in [5, 5.41) is 8.03. The monoisotopic (exact) mass is 434 g/mol. The number of likely N-dealkylation sites (N-methyl/N-ethyl adjacent to an activating group) is 1. The number of fused-ring (bicyclic) bond motifs is 2. The molecule has 1 aromatic carbocycles. The van der Waals surface area contributed by atoms with Gasteiger partial charge in [-0.15, -0.1) is 0 Å². The second kappa shape index (κ2) is 8.16. The van der Waals surface area contributed by atoms with Gasteiger partial charge in [0.05, 0.1) is 24.9 Å². The lowest BCUT2D eigenvalue weighted by Gasteiger charge is -2.33. The van der Waals surface area contributed by atoms with Crippen LogP contribution in [0.2, 0.25) is 0 Å². The van der Waals surface area contributed by atoms with Gasteiger partial charge in [-0.25, -0.2) is 0 Å². The zero-order chi connectivity index (χ0) is 22.5. The number of nitrogens with zero attached hydrogens (tertiary/aromatic N) is 3. The van der Waals surface area contributed by atoms with Crippen molar-refractivity contribution in [1.82, 2.24) is 15.1 Å². The minimum Gasteiger partial charge on any atom is -0.379 e. The molecule has 2 aromatic rings. The van der Waals surface area contributed by atoms with Gasteiger partial charge in [0.25, 0.3) is 0 Å². The van der Waals surface area contributed by atoms with Crippen LogP contribution >= 0.6 is 0 Å². The van der Waals surface area contributed by atoms with Gasteiger partial charge in [-0.1, -0.05) is 19.9 Å². The van der Waals surface area contributed by atoms with Crippen molar-refractivity contribution in [3.05, 3.63) is 46.3 Å². The van der Waals surface area contributed by atoms with E-state index in [0.29, 0.717) is 18.6 Å². The van der Waals surface area contributed by atoms with Gasteiger partial charge in [-0.05, 0) is 66.5 Å². The van der Waals surface area contributed by atoms with Crippen molar-refractivity contribution in [2.75, 3.05) is 38.3 Å². The molecule has 1 atom stereocenters. The number of allylic oxidation sites excluding steroid dienone is 1. The van der Waals surface area contributed by atoms with E-state index in [9.17, 15) is 4.79 Å². The molecular weight excluding hydrogens is 400 g/mol. The molecular formula is C26H34N4O2. The van der Waals surface area contributed by atoms with Crippen molar-refractivity contribution in [3.8, 4) is 0 Å². The van der Waals surface area contributed by atoms with Crippen LogP contribution in [0.4, 0.5) is 5.69 Å². The molecule has 1 aliphatic heterocycles. The number of carbonyl (C=O) groups is 1. The second-order valence-electron chi connectivity index (χ2n) is 10.3. The van der Waals surface area contributed by atoms with Crippen LogP contribution in [0.25, 0.3) is 11.6 Å². The number of amides is 1. The highest BCUT2D eigenvalue weighted by atomic mass is 16.5. The number of morpholine rings is 1. The molecule has 6 heteroatoms. The first-order valence-corrected chi connectivity index (χ1v) is 11.8. The zero-order valence-corrected chi connectivity index (χ0v) is 19.7. The highest BCUT2D eigenvalue weighted by Crippen LogP contribution is 2.40. The third-order valence-electron chi connectivity index (χ3n) is 7.47. The smallest absolute Gasteiger partial charge is 0.243 e. The maximum atomic E-state index is 13.1. The molecule has 1 aromatic heterocycles. The molecule has 170 valence electrons. The molecule has 0 radical (unpaired) electrons. The van der Waals surface area contributed by atoms with Gasteiger partial charge in [-0.3, -0.25) is 14.8 Å². The quantitative estimate of drug-likeness (QED) is 0.797. The molecule has 1 N–H and O–H groups in total. The van der Waals surface area contributed by atoms with Crippen molar-refractivity contribution in [1.29, 1.82) is 0 Å². The number of anilines is 1. The number of hydrogen-bond acceptors (Lipinski definition) is 4. The van der Waals surface area contributed by atoms with Gasteiger partial charge in [0, 0.05) is 43.5 Å². The van der Waals surface area contributed by atoms with E-state index < -0.39 is 0 Å². The standard InChI is InChI=1S/C26H34N4O2/c1-17(30-9-11-32-12-10-30)25(31)29(4)21-6-5-18-13-20(14-19(18)15-21)24-22-7-8-26(2,3)16-23(22)27-28-24/h5-6,13,15,17H,7-12,14,16H2,1-4H3,(H,27,28)/t17-/m0/s1. The fourth-order valence-corrected chi connectivity index (χ4v) is 5.33. The molecule has 0 saturated carbocycles. The third-order valence-corrected chi connectivity index (χ3v) is 7.47. The van der Waals surface area contributed by atoms with Gasteiger partial charge in [0.15, 0.2) is 0 Å². The molecule has 2 heterocycles. The second-order valence-corrected chi connectivity index (χ2v) is 10.3. The summed E-state index contributed by atoms with van der Waals surface area (Å²) >= 11 is 0. The number of hydrogen-bond donors (Lipinski definition) is 1. The van der Waals surface area contributed by atoms with Crippen LogP contribution in [-0.2, 0) is 28.8 Å². The summed E-state index contributed by atoms with van der Waals surface area (Å²) in [5.41, 5.74) is 8.92. The van der Waals surface area contributed by atoms with Crippen molar-refractivity contribution in [3.63, 3.8) is 0 Å². The fraction of sp³-hybridized carbons (Fsp3) is 0.538. The van der Waals surface area contributed by atoms with Gasteiger partial charge >= 0.3 is 0 Å². The van der Waals surface area contributed by atoms with E-state index in [2.05, 4.69) is 48.1 Å². The molecule has 1 amide bonds. The fourth-order valence-electron chi connectivity index (χ4n) is 5.33. The molecule has 2 aliphatic carbocycles. The van der Waals surface area contributed by atoms with E-state index >= 15 is 0 Å². The largest absolute Gasteiger partial charge is 0.379 e. The molecule has 5 rings (SSSR count). The maximum absolute atomic E-state index is 13.1. The summed E-state index contributed by atoms with van der Waals surface area (Å²) in [5.74, 6) is 0.127. The number of aromatic amines is 1. The molecule has 0 bridgehead atoms. The van der Waals surface area contributed by atoms with Crippen LogP contribution in [0.3, 0.4) is 0 Å². The van der Waals surface area contributed by atoms with Crippen molar-refractivity contribution in [2.45, 2.75) is 52.5 Å². The molecule has 32 heavy (non-hydrogen) atoms. The first-order chi connectivity index (χ1) is 15.3. The van der Waals surface area contributed by atoms with E-state index in [4.69, 9.17) is 9.84 Å². The van der Waals surface area contributed by atoms with Crippen LogP contribution < -0.4 is 4.90 Å². The number of nitrogens with one attached hydrogen (secondary N) is 1.